The molecule has 1 aromatic carbocycles. The summed E-state index contributed by atoms with van der Waals surface area (Å²) in [6, 6.07) is 7.62. The van der Waals surface area contributed by atoms with Gasteiger partial charge in [0.05, 0.1) is 24.0 Å². The van der Waals surface area contributed by atoms with Crippen LogP contribution in [0.3, 0.4) is 0 Å². The van der Waals surface area contributed by atoms with Crippen LogP contribution in [0.15, 0.2) is 29.3 Å². The van der Waals surface area contributed by atoms with Gasteiger partial charge in [0.25, 0.3) is 5.91 Å². The molecule has 2 aliphatic heterocycles. The van der Waals surface area contributed by atoms with Gasteiger partial charge in [0.2, 0.25) is 0 Å². The summed E-state index contributed by atoms with van der Waals surface area (Å²) in [5.41, 5.74) is 0.774. The standard InChI is InChI=1S/C20H23ClN2O3S2/c21-15-4-2-1-3-13(15)9-19(24)22-20-23(16-8-12-5-6-14(16)7-12)17-10-28(25,26)11-18(17)27-20/h1-4,12,14,16-18H,5-11H2/t12-,14-,16-,17-,18+/m1/s1. The molecule has 2 saturated heterocycles. The Kier molecular flexibility index (Phi) is 4.75. The van der Waals surface area contributed by atoms with E-state index in [1.807, 2.05) is 18.2 Å². The van der Waals surface area contributed by atoms with Crippen molar-refractivity contribution < 1.29 is 13.2 Å². The lowest BCUT2D eigenvalue weighted by atomic mass is 9.93. The number of thioether (sulfide) groups is 1. The molecule has 0 radical (unpaired) electrons. The molecule has 1 amide bonds. The Morgan fingerprint density at radius 1 is 1.18 bits per heavy atom. The summed E-state index contributed by atoms with van der Waals surface area (Å²) in [5, 5.41) is 1.30. The van der Waals surface area contributed by atoms with Gasteiger partial charge in [-0.25, -0.2) is 8.42 Å². The van der Waals surface area contributed by atoms with E-state index >= 15 is 0 Å². The molecule has 150 valence electrons. The minimum atomic E-state index is -3.01. The second kappa shape index (κ2) is 7.03. The third kappa shape index (κ3) is 3.39. The van der Waals surface area contributed by atoms with Crippen LogP contribution < -0.4 is 0 Å². The van der Waals surface area contributed by atoms with Crippen LogP contribution in [0.1, 0.15) is 31.2 Å². The van der Waals surface area contributed by atoms with Crippen LogP contribution in [0, 0.1) is 11.8 Å². The fraction of sp³-hybridized carbons (Fsp3) is 0.600. The van der Waals surface area contributed by atoms with E-state index in [4.69, 9.17) is 11.6 Å². The Hall–Kier alpha value is -1.05. The maximum Gasteiger partial charge on any atom is 0.252 e. The molecule has 5 rings (SSSR count). The van der Waals surface area contributed by atoms with Gasteiger partial charge in [-0.1, -0.05) is 48.0 Å². The summed E-state index contributed by atoms with van der Waals surface area (Å²) in [7, 11) is -3.01. The largest absolute Gasteiger partial charge is 0.343 e. The summed E-state index contributed by atoms with van der Waals surface area (Å²) in [4.78, 5) is 19.4. The van der Waals surface area contributed by atoms with Gasteiger partial charge < -0.3 is 4.90 Å². The number of amidine groups is 1. The van der Waals surface area contributed by atoms with E-state index in [9.17, 15) is 13.2 Å². The van der Waals surface area contributed by atoms with Gasteiger partial charge in [0.1, 0.15) is 0 Å². The van der Waals surface area contributed by atoms with Crippen LogP contribution in [0.25, 0.3) is 0 Å². The van der Waals surface area contributed by atoms with E-state index in [0.717, 1.165) is 23.1 Å². The second-order valence-electron chi connectivity index (χ2n) is 8.51. The zero-order valence-corrected chi connectivity index (χ0v) is 17.8. The molecule has 2 aliphatic carbocycles. The number of fused-ring (bicyclic) bond motifs is 3. The predicted octanol–water partition coefficient (Wildman–Crippen LogP) is 3.17. The van der Waals surface area contributed by atoms with E-state index in [1.165, 1.54) is 31.0 Å². The van der Waals surface area contributed by atoms with Crippen molar-refractivity contribution in [3.8, 4) is 0 Å². The summed E-state index contributed by atoms with van der Waals surface area (Å²) in [6.07, 6.45) is 5.00. The van der Waals surface area contributed by atoms with Crippen LogP contribution >= 0.6 is 23.4 Å². The highest BCUT2D eigenvalue weighted by Gasteiger charge is 2.54. The van der Waals surface area contributed by atoms with Crippen LogP contribution in [-0.4, -0.2) is 53.2 Å². The summed E-state index contributed by atoms with van der Waals surface area (Å²) in [5.74, 6) is 1.52. The first-order chi connectivity index (χ1) is 13.4. The van der Waals surface area contributed by atoms with Crippen LogP contribution in [-0.2, 0) is 21.1 Å². The minimum Gasteiger partial charge on any atom is -0.343 e. The van der Waals surface area contributed by atoms with E-state index in [1.54, 1.807) is 6.07 Å². The molecule has 1 aromatic rings. The number of nitrogens with zero attached hydrogens (tertiary/aromatic N) is 2. The minimum absolute atomic E-state index is 0.00371. The van der Waals surface area contributed by atoms with Gasteiger partial charge in [-0.2, -0.15) is 4.99 Å². The molecular weight excluding hydrogens is 416 g/mol. The lowest BCUT2D eigenvalue weighted by Crippen LogP contribution is -2.47. The normalized spacial score (nSPS) is 37.0. The van der Waals surface area contributed by atoms with Gasteiger partial charge >= 0.3 is 0 Å². The quantitative estimate of drug-likeness (QED) is 0.725. The number of hydrogen-bond donors (Lipinski definition) is 0. The van der Waals surface area contributed by atoms with Crippen molar-refractivity contribution in [1.29, 1.82) is 0 Å². The Labute approximate surface area is 174 Å². The van der Waals surface area contributed by atoms with E-state index in [-0.39, 0.29) is 35.1 Å². The zero-order chi connectivity index (χ0) is 19.5. The average Bonchev–Trinajstić information content (AvgIpc) is 3.36. The summed E-state index contributed by atoms with van der Waals surface area (Å²) >= 11 is 7.68. The fourth-order valence-corrected chi connectivity index (χ4v) is 9.67. The number of benzene rings is 1. The van der Waals surface area contributed by atoms with E-state index < -0.39 is 9.84 Å². The predicted molar refractivity (Wildman–Crippen MR) is 112 cm³/mol. The molecule has 28 heavy (non-hydrogen) atoms. The highest BCUT2D eigenvalue weighted by atomic mass is 35.5. The van der Waals surface area contributed by atoms with Crippen molar-refractivity contribution in [1.82, 2.24) is 4.90 Å². The number of aliphatic imine (C=N–C) groups is 1. The number of halogens is 1. The van der Waals surface area contributed by atoms with Gasteiger partial charge in [-0.15, -0.1) is 0 Å². The SMILES string of the molecule is O=C(Cc1ccccc1Cl)N=C1S[C@H]2CS(=O)(=O)C[C@H]2N1[C@@H]1C[C@@H]2CC[C@@H]1C2. The molecule has 0 aromatic heterocycles. The molecule has 2 bridgehead atoms. The molecule has 0 spiro atoms. The fourth-order valence-electron chi connectivity index (χ4n) is 5.48. The van der Waals surface area contributed by atoms with Gasteiger partial charge in [0.15, 0.2) is 15.0 Å². The number of carbonyl (C=O) groups excluding carboxylic acids is 1. The molecule has 0 unspecified atom stereocenters. The monoisotopic (exact) mass is 438 g/mol. The lowest BCUT2D eigenvalue weighted by molar-refractivity contribution is -0.117. The molecule has 0 N–H and O–H groups in total. The highest BCUT2D eigenvalue weighted by molar-refractivity contribution is 8.15. The Bertz CT molecular complexity index is 949. The Morgan fingerprint density at radius 2 is 2.00 bits per heavy atom. The number of sulfone groups is 1. The van der Waals surface area contributed by atoms with Crippen molar-refractivity contribution in [2.75, 3.05) is 11.5 Å². The molecule has 2 heterocycles. The summed E-state index contributed by atoms with van der Waals surface area (Å²) < 4.78 is 24.4. The number of hydrogen-bond acceptors (Lipinski definition) is 4. The summed E-state index contributed by atoms with van der Waals surface area (Å²) in [6.45, 7) is 0. The Balaban J connectivity index is 1.42. The van der Waals surface area contributed by atoms with Crippen molar-refractivity contribution in [3.05, 3.63) is 34.9 Å². The van der Waals surface area contributed by atoms with Crippen molar-refractivity contribution in [3.63, 3.8) is 0 Å². The number of rotatable bonds is 3. The van der Waals surface area contributed by atoms with Crippen LogP contribution in [0.4, 0.5) is 0 Å². The maximum absolute atomic E-state index is 12.7. The highest BCUT2D eigenvalue weighted by Crippen LogP contribution is 2.51. The number of carbonyl (C=O) groups is 1. The Morgan fingerprint density at radius 3 is 2.71 bits per heavy atom. The van der Waals surface area contributed by atoms with Gasteiger partial charge in [-0.3, -0.25) is 4.79 Å². The van der Waals surface area contributed by atoms with E-state index in [0.29, 0.717) is 17.0 Å². The van der Waals surface area contributed by atoms with Crippen molar-refractivity contribution >= 4 is 44.3 Å². The average molecular weight is 439 g/mol. The molecule has 4 aliphatic rings. The van der Waals surface area contributed by atoms with Crippen molar-refractivity contribution in [2.24, 2.45) is 16.8 Å². The zero-order valence-electron chi connectivity index (χ0n) is 15.5. The van der Waals surface area contributed by atoms with Gasteiger partial charge in [0, 0.05) is 16.3 Å². The van der Waals surface area contributed by atoms with Crippen molar-refractivity contribution in [2.45, 2.75) is 49.4 Å². The smallest absolute Gasteiger partial charge is 0.252 e. The maximum atomic E-state index is 12.7. The molecule has 4 fully saturated rings. The third-order valence-electron chi connectivity index (χ3n) is 6.68. The first kappa shape index (κ1) is 18.9. The molecular formula is C20H23ClN2O3S2. The number of amides is 1. The third-order valence-corrected chi connectivity index (χ3v) is 10.3. The lowest BCUT2D eigenvalue weighted by Gasteiger charge is -2.36. The van der Waals surface area contributed by atoms with Gasteiger partial charge in [-0.05, 0) is 42.7 Å². The first-order valence-electron chi connectivity index (χ1n) is 9.90. The molecule has 5 nitrogen and oxygen atoms in total. The van der Waals surface area contributed by atoms with Crippen LogP contribution in [0.2, 0.25) is 5.02 Å². The second-order valence-corrected chi connectivity index (χ2v) is 12.3. The first-order valence-corrected chi connectivity index (χ1v) is 13.0. The molecule has 5 atom stereocenters. The topological polar surface area (TPSA) is 66.8 Å². The van der Waals surface area contributed by atoms with E-state index in [2.05, 4.69) is 9.89 Å². The van der Waals surface area contributed by atoms with Crippen LogP contribution in [0.5, 0.6) is 0 Å². The molecule has 2 saturated carbocycles. The molecule has 8 heteroatoms.